The van der Waals surface area contributed by atoms with Gasteiger partial charge in [-0.15, -0.1) is 0 Å². The normalized spacial score (nSPS) is 31.6. The number of nitrogens with zero attached hydrogens (tertiary/aromatic N) is 4. The molecular weight excluding hydrogens is 575 g/mol. The molecule has 5 fully saturated rings. The van der Waals surface area contributed by atoms with Gasteiger partial charge in [-0.25, -0.2) is 4.79 Å². The average molecular weight is 609 g/mol. The van der Waals surface area contributed by atoms with Gasteiger partial charge in [0.1, 0.15) is 0 Å². The predicted molar refractivity (Wildman–Crippen MR) is 143 cm³/mol. The summed E-state index contributed by atoms with van der Waals surface area (Å²) in [4.78, 5) is 56.1. The Balaban J connectivity index is 1.23. The van der Waals surface area contributed by atoms with Crippen molar-refractivity contribution in [1.29, 1.82) is 0 Å². The van der Waals surface area contributed by atoms with Crippen LogP contribution in [0.2, 0.25) is 0 Å². The molecule has 2 saturated heterocycles. The van der Waals surface area contributed by atoms with Crippen LogP contribution in [0.5, 0.6) is 5.88 Å². The van der Waals surface area contributed by atoms with E-state index in [9.17, 15) is 24.3 Å². The molecule has 1 N–H and O–H groups in total. The van der Waals surface area contributed by atoms with E-state index in [2.05, 4.69) is 16.0 Å². The summed E-state index contributed by atoms with van der Waals surface area (Å²) in [5.74, 6) is 0.112. The van der Waals surface area contributed by atoms with Crippen molar-refractivity contribution in [3.8, 4) is 5.88 Å². The van der Waals surface area contributed by atoms with E-state index in [0.717, 1.165) is 32.1 Å². The molecule has 0 atom stereocenters. The number of ether oxygens (including phenoxy) is 1. The van der Waals surface area contributed by atoms with Crippen molar-refractivity contribution in [3.63, 3.8) is 0 Å². The van der Waals surface area contributed by atoms with Crippen LogP contribution in [-0.2, 0) is 16.1 Å². The third kappa shape index (κ3) is 3.85. The minimum absolute atomic E-state index is 0.00414. The Bertz CT molecular complexity index is 1320. The predicted octanol–water partition coefficient (Wildman–Crippen LogP) is 1.53. The first-order valence-electron chi connectivity index (χ1n) is 13.5. The molecular formula is C26H33N4O6SSe. The van der Waals surface area contributed by atoms with Gasteiger partial charge in [0.15, 0.2) is 0 Å². The van der Waals surface area contributed by atoms with E-state index in [0.29, 0.717) is 57.9 Å². The number of hydrogen-bond donors (Lipinski definition) is 1. The van der Waals surface area contributed by atoms with Gasteiger partial charge in [-0.1, -0.05) is 0 Å². The molecule has 3 heterocycles. The minimum atomic E-state index is -0.781. The van der Waals surface area contributed by atoms with Gasteiger partial charge in [-0.2, -0.15) is 0 Å². The number of urea groups is 1. The van der Waals surface area contributed by atoms with Crippen LogP contribution in [0.15, 0.2) is 9.59 Å². The van der Waals surface area contributed by atoms with Crippen molar-refractivity contribution >= 4 is 43.9 Å². The quantitative estimate of drug-likeness (QED) is 0.296. The second-order valence-corrected chi connectivity index (χ2v) is 14.0. The summed E-state index contributed by atoms with van der Waals surface area (Å²) in [6, 6.07) is -0.529. The summed E-state index contributed by atoms with van der Waals surface area (Å²) in [5, 5.41) is 10.8. The standard InChI is InChI=1S/C26H33N4O6SSe/c1-27-22(33)26(29(23(27)34)10-16-11-36-12-16)13-25(14-26)7-5-17(6-8-25)30-20(32)18(21(37)38)19(31)28(24(30)35)9-15-3-2-4-15/h15-17,31H,2-14H2,1H3. The number of amides is 3. The fourth-order valence-corrected chi connectivity index (χ4v) is 7.95. The molecule has 38 heavy (non-hydrogen) atoms. The number of rotatable bonds is 6. The fraction of sp³-hybridized carbons (Fsp3) is 0.731. The summed E-state index contributed by atoms with van der Waals surface area (Å²) in [6.45, 7) is 2.15. The Hall–Kier alpha value is -2.01. The molecule has 2 aliphatic heterocycles. The number of aromatic hydroxyl groups is 1. The van der Waals surface area contributed by atoms with E-state index in [1.807, 2.05) is 0 Å². The van der Waals surface area contributed by atoms with Crippen molar-refractivity contribution in [2.24, 2.45) is 17.3 Å². The monoisotopic (exact) mass is 609 g/mol. The second-order valence-electron chi connectivity index (χ2n) is 12.1. The van der Waals surface area contributed by atoms with Crippen LogP contribution in [0.4, 0.5) is 4.79 Å². The van der Waals surface area contributed by atoms with Gasteiger partial charge in [-0.05, 0) is 0 Å². The van der Waals surface area contributed by atoms with Crippen LogP contribution in [0.3, 0.4) is 0 Å². The first-order chi connectivity index (χ1) is 18.1. The molecule has 0 bridgehead atoms. The van der Waals surface area contributed by atoms with Gasteiger partial charge in [0.05, 0.1) is 13.2 Å². The van der Waals surface area contributed by atoms with Gasteiger partial charge in [0.25, 0.3) is 0 Å². The molecule has 3 aliphatic carbocycles. The van der Waals surface area contributed by atoms with Crippen molar-refractivity contribution in [2.45, 2.75) is 75.9 Å². The van der Waals surface area contributed by atoms with Crippen molar-refractivity contribution in [3.05, 3.63) is 26.4 Å². The summed E-state index contributed by atoms with van der Waals surface area (Å²) < 4.78 is 8.08. The van der Waals surface area contributed by atoms with E-state index in [1.165, 1.54) is 14.0 Å². The number of carbonyl (C=O) groups is 2. The van der Waals surface area contributed by atoms with Crippen molar-refractivity contribution in [2.75, 3.05) is 26.8 Å². The van der Waals surface area contributed by atoms with Gasteiger partial charge in [0, 0.05) is 13.0 Å². The van der Waals surface area contributed by atoms with Gasteiger partial charge >= 0.3 is 199 Å². The molecule has 5 aliphatic rings. The SMILES string of the molecule is CN1C(=O)N(CC2COC2)C2(CC3(CCC(n4c(=O)c(C(=S)[Se])c(O)n(CC5CCC5)c4=O)CC3)C2)C1=O. The molecule has 3 saturated carbocycles. The summed E-state index contributed by atoms with van der Waals surface area (Å²) in [6.07, 6.45) is 7.10. The zero-order valence-electron chi connectivity index (χ0n) is 21.5. The summed E-state index contributed by atoms with van der Waals surface area (Å²) in [7, 11) is 1.56. The number of thiocarbonyl (C=S) groups is 1. The maximum absolute atomic E-state index is 13.5. The Morgan fingerprint density at radius 3 is 2.24 bits per heavy atom. The molecule has 12 heteroatoms. The van der Waals surface area contributed by atoms with Gasteiger partial charge in [-0.3, -0.25) is 0 Å². The first-order valence-corrected chi connectivity index (χ1v) is 14.8. The third-order valence-electron chi connectivity index (χ3n) is 9.82. The number of aromatic nitrogens is 2. The number of likely N-dealkylation sites (N-methyl/N-ethyl adjacent to an activating group) is 1. The van der Waals surface area contributed by atoms with Crippen LogP contribution < -0.4 is 11.2 Å². The number of imide groups is 1. The summed E-state index contributed by atoms with van der Waals surface area (Å²) >= 11 is 7.90. The first kappa shape index (κ1) is 26.2. The Morgan fingerprint density at radius 2 is 1.71 bits per heavy atom. The zero-order valence-corrected chi connectivity index (χ0v) is 24.0. The maximum atomic E-state index is 13.5. The molecule has 2 spiro atoms. The van der Waals surface area contributed by atoms with E-state index >= 15 is 0 Å². The zero-order chi connectivity index (χ0) is 27.0. The van der Waals surface area contributed by atoms with Crippen LogP contribution in [0.1, 0.15) is 69.4 Å². The molecule has 3 amide bonds. The van der Waals surface area contributed by atoms with E-state index in [1.54, 1.807) is 11.9 Å². The third-order valence-corrected chi connectivity index (χ3v) is 10.5. The molecule has 205 valence electrons. The molecule has 1 aromatic rings. The average Bonchev–Trinajstić information content (AvgIpc) is 2.96. The number of carbonyl (C=O) groups excluding carboxylic acids is 2. The van der Waals surface area contributed by atoms with Crippen LogP contribution in [0.25, 0.3) is 0 Å². The molecule has 10 nitrogen and oxygen atoms in total. The van der Waals surface area contributed by atoms with Crippen LogP contribution >= 0.6 is 12.2 Å². The Morgan fingerprint density at radius 1 is 1.05 bits per heavy atom. The van der Waals surface area contributed by atoms with Crippen molar-refractivity contribution in [1.82, 2.24) is 18.9 Å². The molecule has 1 aromatic heterocycles. The van der Waals surface area contributed by atoms with E-state index < -0.39 is 16.8 Å². The molecule has 6 rings (SSSR count). The van der Waals surface area contributed by atoms with Gasteiger partial charge in [0.2, 0.25) is 0 Å². The molecule has 0 aromatic carbocycles. The van der Waals surface area contributed by atoms with E-state index in [4.69, 9.17) is 17.0 Å². The second kappa shape index (κ2) is 9.28. The summed E-state index contributed by atoms with van der Waals surface area (Å²) in [5.41, 5.74) is -1.89. The molecule has 0 unspecified atom stereocenters. The fourth-order valence-electron chi connectivity index (χ4n) is 7.39. The van der Waals surface area contributed by atoms with Gasteiger partial charge < -0.3 is 4.74 Å². The Kier molecular flexibility index (Phi) is 6.41. The van der Waals surface area contributed by atoms with Crippen molar-refractivity contribution < 1.29 is 19.4 Å². The Labute approximate surface area is 234 Å². The number of hydrogen-bond acceptors (Lipinski definition) is 7. The van der Waals surface area contributed by atoms with Crippen LogP contribution in [-0.4, -0.2) is 88.1 Å². The van der Waals surface area contributed by atoms with Crippen LogP contribution in [0, 0.1) is 17.3 Å². The van der Waals surface area contributed by atoms with E-state index in [-0.39, 0.29) is 44.5 Å². The topological polar surface area (TPSA) is 114 Å². The molecule has 1 radical (unpaired) electrons.